The summed E-state index contributed by atoms with van der Waals surface area (Å²) in [6.07, 6.45) is 8.40. The quantitative estimate of drug-likeness (QED) is 0.789. The Morgan fingerprint density at radius 3 is 2.62 bits per heavy atom. The zero-order valence-corrected chi connectivity index (χ0v) is 14.3. The number of nitrogens with two attached hydrogens (primary N) is 1. The lowest BCUT2D eigenvalue weighted by molar-refractivity contribution is 0.356. The molecule has 2 aromatic rings. The second-order valence-corrected chi connectivity index (χ2v) is 5.94. The first-order valence-corrected chi connectivity index (χ1v) is 8.32. The smallest absolute Gasteiger partial charge is 0.225 e. The van der Waals surface area contributed by atoms with Crippen LogP contribution < -0.4 is 20.5 Å². The monoisotopic (exact) mass is 328 g/mol. The third-order valence-electron chi connectivity index (χ3n) is 4.34. The number of allylic oxidation sites excluding steroid dienone is 1. The van der Waals surface area contributed by atoms with E-state index in [1.807, 2.05) is 6.07 Å². The number of methoxy groups -OCH3 is 2. The highest BCUT2D eigenvalue weighted by molar-refractivity contribution is 5.91. The molecule has 1 aromatic carbocycles. The molecule has 24 heavy (non-hydrogen) atoms. The molecule has 1 aliphatic carbocycles. The number of anilines is 2. The van der Waals surface area contributed by atoms with Gasteiger partial charge in [-0.3, -0.25) is 0 Å². The zero-order chi connectivity index (χ0) is 16.9. The van der Waals surface area contributed by atoms with E-state index in [-0.39, 0.29) is 0 Å². The van der Waals surface area contributed by atoms with Gasteiger partial charge in [-0.2, -0.15) is 4.98 Å². The number of nitrogen functional groups attached to an aromatic ring is 1. The second-order valence-electron chi connectivity index (χ2n) is 5.94. The lowest BCUT2D eigenvalue weighted by atomic mass is 9.97. The van der Waals surface area contributed by atoms with Crippen molar-refractivity contribution in [3.05, 3.63) is 23.8 Å². The summed E-state index contributed by atoms with van der Waals surface area (Å²) in [6, 6.07) is 3.63. The molecule has 0 bridgehead atoms. The molecule has 128 valence electrons. The van der Waals surface area contributed by atoms with Gasteiger partial charge in [-0.05, 0) is 38.2 Å². The fourth-order valence-electron chi connectivity index (χ4n) is 3.02. The third kappa shape index (κ3) is 3.53. The molecule has 0 saturated carbocycles. The molecule has 3 N–H and O–H groups in total. The van der Waals surface area contributed by atoms with Crippen LogP contribution in [0.2, 0.25) is 0 Å². The Kier molecular flexibility index (Phi) is 5.03. The van der Waals surface area contributed by atoms with Crippen LogP contribution in [0.3, 0.4) is 0 Å². The highest BCUT2D eigenvalue weighted by atomic mass is 16.5. The number of nitrogens with zero attached hydrogens (tertiary/aromatic N) is 2. The number of ether oxygens (including phenoxy) is 2. The van der Waals surface area contributed by atoms with E-state index in [2.05, 4.69) is 21.4 Å². The zero-order valence-electron chi connectivity index (χ0n) is 14.3. The van der Waals surface area contributed by atoms with Gasteiger partial charge in [-0.1, -0.05) is 11.6 Å². The van der Waals surface area contributed by atoms with Crippen molar-refractivity contribution in [3.63, 3.8) is 0 Å². The van der Waals surface area contributed by atoms with Gasteiger partial charge in [0.05, 0.1) is 19.7 Å². The van der Waals surface area contributed by atoms with Gasteiger partial charge >= 0.3 is 0 Å². The topological polar surface area (TPSA) is 82.3 Å². The molecule has 1 aliphatic rings. The number of aromatic nitrogens is 2. The number of hydrogen-bond acceptors (Lipinski definition) is 6. The number of nitrogens with one attached hydrogen (secondary N) is 1. The highest BCUT2D eigenvalue weighted by Crippen LogP contribution is 2.33. The van der Waals surface area contributed by atoms with Crippen molar-refractivity contribution in [1.82, 2.24) is 9.97 Å². The summed E-state index contributed by atoms with van der Waals surface area (Å²) < 4.78 is 10.6. The van der Waals surface area contributed by atoms with Gasteiger partial charge in [0.25, 0.3) is 0 Å². The van der Waals surface area contributed by atoms with Crippen LogP contribution in [0.5, 0.6) is 11.5 Å². The van der Waals surface area contributed by atoms with Gasteiger partial charge in [-0.15, -0.1) is 0 Å². The molecule has 0 atom stereocenters. The summed E-state index contributed by atoms with van der Waals surface area (Å²) >= 11 is 0. The number of hydrogen-bond donors (Lipinski definition) is 2. The Morgan fingerprint density at radius 2 is 1.92 bits per heavy atom. The minimum atomic E-state index is 0.431. The van der Waals surface area contributed by atoms with E-state index in [0.29, 0.717) is 23.3 Å². The highest BCUT2D eigenvalue weighted by Gasteiger charge is 2.12. The normalized spacial score (nSPS) is 14.3. The average molecular weight is 328 g/mol. The fraction of sp³-hybridized carbons (Fsp3) is 0.444. The average Bonchev–Trinajstić information content (AvgIpc) is 2.61. The van der Waals surface area contributed by atoms with Crippen molar-refractivity contribution < 1.29 is 9.47 Å². The van der Waals surface area contributed by atoms with Crippen LogP contribution in [-0.2, 0) is 0 Å². The molecule has 1 aromatic heterocycles. The number of fused-ring (bicyclic) bond motifs is 1. The predicted octanol–water partition coefficient (Wildman–Crippen LogP) is 3.53. The first kappa shape index (κ1) is 16.4. The summed E-state index contributed by atoms with van der Waals surface area (Å²) in [5, 5.41) is 4.03. The van der Waals surface area contributed by atoms with Crippen molar-refractivity contribution in [3.8, 4) is 11.5 Å². The molecule has 0 fully saturated rings. The van der Waals surface area contributed by atoms with Gasteiger partial charge in [0, 0.05) is 18.0 Å². The van der Waals surface area contributed by atoms with Crippen LogP contribution in [0.25, 0.3) is 10.9 Å². The molecule has 0 radical (unpaired) electrons. The van der Waals surface area contributed by atoms with Crippen LogP contribution in [0.15, 0.2) is 23.8 Å². The van der Waals surface area contributed by atoms with E-state index >= 15 is 0 Å². The lowest BCUT2D eigenvalue weighted by Gasteiger charge is -2.14. The molecular formula is C18H24N4O2. The van der Waals surface area contributed by atoms with Crippen LogP contribution in [0, 0.1) is 0 Å². The van der Waals surface area contributed by atoms with Crippen molar-refractivity contribution in [2.75, 3.05) is 31.8 Å². The van der Waals surface area contributed by atoms with Crippen molar-refractivity contribution >= 4 is 22.7 Å². The van der Waals surface area contributed by atoms with Gasteiger partial charge in [-0.25, -0.2) is 4.98 Å². The Bertz CT molecular complexity index is 758. The molecule has 0 aliphatic heterocycles. The summed E-state index contributed by atoms with van der Waals surface area (Å²) in [5.41, 5.74) is 8.35. The van der Waals surface area contributed by atoms with Gasteiger partial charge in [0.2, 0.25) is 5.95 Å². The fourth-order valence-corrected chi connectivity index (χ4v) is 3.02. The van der Waals surface area contributed by atoms with Crippen LogP contribution in [0.4, 0.5) is 11.8 Å². The summed E-state index contributed by atoms with van der Waals surface area (Å²) in [5.74, 6) is 2.22. The molecular weight excluding hydrogens is 304 g/mol. The minimum absolute atomic E-state index is 0.431. The molecule has 1 heterocycles. The first-order chi connectivity index (χ1) is 11.7. The standard InChI is InChI=1S/C18H24N4O2/c1-23-15-10-13-14(11-16(15)24-2)21-18(22-17(13)19)20-9-8-12-6-4-3-5-7-12/h6,10-11H,3-5,7-9H2,1-2H3,(H3,19,20,21,22). The molecule has 6 heteroatoms. The Labute approximate surface area is 142 Å². The first-order valence-electron chi connectivity index (χ1n) is 8.32. The SMILES string of the molecule is COc1cc2nc(NCCC3=CCCCC3)nc(N)c2cc1OC. The molecule has 0 saturated heterocycles. The third-order valence-corrected chi connectivity index (χ3v) is 4.34. The summed E-state index contributed by atoms with van der Waals surface area (Å²) in [4.78, 5) is 8.90. The van der Waals surface area contributed by atoms with E-state index in [9.17, 15) is 0 Å². The second kappa shape index (κ2) is 7.38. The lowest BCUT2D eigenvalue weighted by Crippen LogP contribution is -2.09. The van der Waals surface area contributed by atoms with E-state index in [1.165, 1.54) is 31.3 Å². The maximum Gasteiger partial charge on any atom is 0.225 e. The van der Waals surface area contributed by atoms with Crippen LogP contribution in [-0.4, -0.2) is 30.7 Å². The molecule has 6 nitrogen and oxygen atoms in total. The molecule has 0 amide bonds. The Morgan fingerprint density at radius 1 is 1.12 bits per heavy atom. The van der Waals surface area contributed by atoms with E-state index in [1.54, 1.807) is 20.3 Å². The molecule has 0 unspecified atom stereocenters. The summed E-state index contributed by atoms with van der Waals surface area (Å²) in [6.45, 7) is 0.810. The van der Waals surface area contributed by atoms with Crippen LogP contribution in [0.1, 0.15) is 32.1 Å². The van der Waals surface area contributed by atoms with Crippen molar-refractivity contribution in [2.24, 2.45) is 0 Å². The van der Waals surface area contributed by atoms with Crippen molar-refractivity contribution in [1.29, 1.82) is 0 Å². The Hall–Kier alpha value is -2.50. The number of rotatable bonds is 6. The van der Waals surface area contributed by atoms with Crippen molar-refractivity contribution in [2.45, 2.75) is 32.1 Å². The largest absolute Gasteiger partial charge is 0.493 e. The van der Waals surface area contributed by atoms with E-state index in [0.717, 1.165) is 23.9 Å². The predicted molar refractivity (Wildman–Crippen MR) is 96.7 cm³/mol. The van der Waals surface area contributed by atoms with E-state index in [4.69, 9.17) is 15.2 Å². The number of benzene rings is 1. The maximum atomic E-state index is 6.09. The molecule has 3 rings (SSSR count). The minimum Gasteiger partial charge on any atom is -0.493 e. The van der Waals surface area contributed by atoms with Gasteiger partial charge < -0.3 is 20.5 Å². The summed E-state index contributed by atoms with van der Waals surface area (Å²) in [7, 11) is 3.20. The van der Waals surface area contributed by atoms with Crippen LogP contribution >= 0.6 is 0 Å². The van der Waals surface area contributed by atoms with E-state index < -0.39 is 0 Å². The van der Waals surface area contributed by atoms with Gasteiger partial charge in [0.15, 0.2) is 11.5 Å². The Balaban J connectivity index is 1.77. The van der Waals surface area contributed by atoms with Gasteiger partial charge in [0.1, 0.15) is 5.82 Å². The molecule has 0 spiro atoms. The maximum absolute atomic E-state index is 6.09.